The Morgan fingerprint density at radius 3 is 3.00 bits per heavy atom. The van der Waals surface area contributed by atoms with Crippen LogP contribution in [0.1, 0.15) is 18.4 Å². The van der Waals surface area contributed by atoms with Gasteiger partial charge in [-0.25, -0.2) is 4.39 Å². The minimum atomic E-state index is -0.608. The van der Waals surface area contributed by atoms with Gasteiger partial charge in [-0.1, -0.05) is 0 Å². The maximum Gasteiger partial charge on any atom is 0.263 e. The van der Waals surface area contributed by atoms with E-state index in [1.807, 2.05) is 0 Å². The summed E-state index contributed by atoms with van der Waals surface area (Å²) in [5, 5.41) is 9.88. The summed E-state index contributed by atoms with van der Waals surface area (Å²) in [6.07, 6.45) is 1.39. The Bertz CT molecular complexity index is 530. The fraction of sp³-hybridized carbons (Fsp3) is 0.533. The van der Waals surface area contributed by atoms with Gasteiger partial charge in [0.15, 0.2) is 6.10 Å². The molecule has 20 heavy (non-hydrogen) atoms. The Hall–Kier alpha value is -1.62. The largest absolute Gasteiger partial charge is 0.480 e. The molecule has 1 aromatic carbocycles. The highest BCUT2D eigenvalue weighted by molar-refractivity contribution is 5.82. The summed E-state index contributed by atoms with van der Waals surface area (Å²) in [6, 6.07) is 4.28. The number of nitrogens with zero attached hydrogens (tertiary/aromatic N) is 1. The first-order valence-corrected chi connectivity index (χ1v) is 6.92. The van der Waals surface area contributed by atoms with Gasteiger partial charge in [0.1, 0.15) is 11.6 Å². The number of likely N-dealkylation sites (N-methyl/N-ethyl adjacent to an activating group) is 1. The first-order valence-electron chi connectivity index (χ1n) is 6.92. The second kappa shape index (κ2) is 5.05. The topological polar surface area (TPSA) is 49.8 Å². The molecular weight excluding hydrogens is 261 g/mol. The number of ether oxygens (including phenoxy) is 1. The zero-order chi connectivity index (χ0) is 14.3. The lowest BCUT2D eigenvalue weighted by atomic mass is 10.1. The monoisotopic (exact) mass is 279 g/mol. The summed E-state index contributed by atoms with van der Waals surface area (Å²) in [4.78, 5) is 13.8. The van der Waals surface area contributed by atoms with Crippen molar-refractivity contribution in [2.24, 2.45) is 5.92 Å². The molecule has 4 nitrogen and oxygen atoms in total. The maximum absolute atomic E-state index is 13.1. The highest BCUT2D eigenvalue weighted by Crippen LogP contribution is 2.33. The molecule has 0 saturated heterocycles. The second-order valence-electron chi connectivity index (χ2n) is 5.69. The third-order valence-electron chi connectivity index (χ3n) is 3.98. The zero-order valence-electron chi connectivity index (χ0n) is 11.4. The van der Waals surface area contributed by atoms with Crippen LogP contribution >= 0.6 is 0 Å². The van der Waals surface area contributed by atoms with Crippen molar-refractivity contribution in [1.29, 1.82) is 0 Å². The molecule has 1 fully saturated rings. The molecule has 2 atom stereocenters. The van der Waals surface area contributed by atoms with E-state index in [0.717, 1.165) is 18.4 Å². The summed E-state index contributed by atoms with van der Waals surface area (Å²) in [7, 11) is 1.67. The molecule has 1 saturated carbocycles. The number of halogens is 1. The van der Waals surface area contributed by atoms with E-state index in [-0.39, 0.29) is 11.7 Å². The Balaban J connectivity index is 1.61. The summed E-state index contributed by atoms with van der Waals surface area (Å²) in [6.45, 7) is 0.327. The second-order valence-corrected chi connectivity index (χ2v) is 5.69. The van der Waals surface area contributed by atoms with Gasteiger partial charge in [0, 0.05) is 25.6 Å². The highest BCUT2D eigenvalue weighted by atomic mass is 19.1. The normalized spacial score (nSPS) is 22.1. The molecule has 5 heteroatoms. The molecule has 1 aliphatic heterocycles. The smallest absolute Gasteiger partial charge is 0.263 e. The van der Waals surface area contributed by atoms with Crippen LogP contribution in [0.4, 0.5) is 4.39 Å². The van der Waals surface area contributed by atoms with Gasteiger partial charge in [0.25, 0.3) is 5.91 Å². The summed E-state index contributed by atoms with van der Waals surface area (Å²) in [5.74, 6) is 0.418. The van der Waals surface area contributed by atoms with Crippen LogP contribution in [-0.2, 0) is 11.2 Å². The number of hydrogen-bond acceptors (Lipinski definition) is 3. The highest BCUT2D eigenvalue weighted by Gasteiger charge is 2.35. The average Bonchev–Trinajstić information content (AvgIpc) is 3.18. The first-order chi connectivity index (χ1) is 9.54. The lowest BCUT2D eigenvalue weighted by Gasteiger charge is -2.23. The quantitative estimate of drug-likeness (QED) is 0.905. The van der Waals surface area contributed by atoms with Crippen molar-refractivity contribution in [3.05, 3.63) is 29.6 Å². The van der Waals surface area contributed by atoms with E-state index < -0.39 is 12.2 Å². The van der Waals surface area contributed by atoms with Crippen molar-refractivity contribution >= 4 is 5.91 Å². The molecule has 1 N–H and O–H groups in total. The zero-order valence-corrected chi connectivity index (χ0v) is 11.4. The lowest BCUT2D eigenvalue weighted by Crippen LogP contribution is -2.42. The van der Waals surface area contributed by atoms with Crippen LogP contribution in [0.5, 0.6) is 5.75 Å². The fourth-order valence-electron chi connectivity index (χ4n) is 2.60. The van der Waals surface area contributed by atoms with Crippen molar-refractivity contribution in [2.45, 2.75) is 31.5 Å². The van der Waals surface area contributed by atoms with E-state index >= 15 is 0 Å². The molecule has 0 spiro atoms. The first kappa shape index (κ1) is 13.4. The molecule has 0 bridgehead atoms. The number of rotatable bonds is 4. The van der Waals surface area contributed by atoms with Crippen molar-refractivity contribution < 1.29 is 19.0 Å². The number of fused-ring (bicyclic) bond motifs is 1. The maximum atomic E-state index is 13.1. The lowest BCUT2D eigenvalue weighted by molar-refractivity contribution is -0.138. The molecule has 0 aromatic heterocycles. The van der Waals surface area contributed by atoms with Crippen molar-refractivity contribution in [2.75, 3.05) is 13.6 Å². The Kier molecular flexibility index (Phi) is 3.38. The van der Waals surface area contributed by atoms with Crippen LogP contribution in [0.15, 0.2) is 18.2 Å². The minimum absolute atomic E-state index is 0.165. The predicted molar refractivity (Wildman–Crippen MR) is 70.9 cm³/mol. The van der Waals surface area contributed by atoms with Gasteiger partial charge in [0.2, 0.25) is 0 Å². The Labute approximate surface area is 117 Å². The molecule has 1 aliphatic carbocycles. The van der Waals surface area contributed by atoms with Crippen molar-refractivity contribution in [1.82, 2.24) is 4.90 Å². The molecule has 3 rings (SSSR count). The molecular formula is C15H18FNO3. The number of amides is 1. The van der Waals surface area contributed by atoms with E-state index in [1.54, 1.807) is 13.1 Å². The van der Waals surface area contributed by atoms with Crippen LogP contribution in [0.3, 0.4) is 0 Å². The molecule has 1 heterocycles. The standard InChI is InChI=1S/C15H18FNO3/c1-17(8-12(18)9-2-3-9)15(19)14-7-10-6-11(16)4-5-13(10)20-14/h4-6,9,12,14,18H,2-3,7-8H2,1H3. The van der Waals surface area contributed by atoms with Crippen LogP contribution in [-0.4, -0.2) is 41.7 Å². The van der Waals surface area contributed by atoms with Gasteiger partial charge in [-0.2, -0.15) is 0 Å². The van der Waals surface area contributed by atoms with Gasteiger partial charge in [0.05, 0.1) is 6.10 Å². The van der Waals surface area contributed by atoms with Gasteiger partial charge in [-0.3, -0.25) is 4.79 Å². The molecule has 108 valence electrons. The molecule has 0 radical (unpaired) electrons. The number of aliphatic hydroxyl groups is 1. The third-order valence-corrected chi connectivity index (χ3v) is 3.98. The summed E-state index contributed by atoms with van der Waals surface area (Å²) in [5.41, 5.74) is 0.722. The number of aliphatic hydroxyl groups excluding tert-OH is 1. The molecule has 2 aliphatic rings. The number of benzene rings is 1. The molecule has 2 unspecified atom stereocenters. The van der Waals surface area contributed by atoms with Crippen LogP contribution < -0.4 is 4.74 Å². The van der Waals surface area contributed by atoms with E-state index in [4.69, 9.17) is 4.74 Å². The third kappa shape index (κ3) is 2.63. The van der Waals surface area contributed by atoms with Gasteiger partial charge < -0.3 is 14.7 Å². The number of carbonyl (C=O) groups excluding carboxylic acids is 1. The summed E-state index contributed by atoms with van der Waals surface area (Å²) >= 11 is 0. The average molecular weight is 279 g/mol. The Morgan fingerprint density at radius 2 is 2.30 bits per heavy atom. The van der Waals surface area contributed by atoms with E-state index in [9.17, 15) is 14.3 Å². The SMILES string of the molecule is CN(CC(O)C1CC1)C(=O)C1Cc2cc(F)ccc2O1. The van der Waals surface area contributed by atoms with Gasteiger partial charge >= 0.3 is 0 Å². The van der Waals surface area contributed by atoms with E-state index in [2.05, 4.69) is 0 Å². The molecule has 1 amide bonds. The van der Waals surface area contributed by atoms with E-state index in [0.29, 0.717) is 24.6 Å². The predicted octanol–water partition coefficient (Wildman–Crippen LogP) is 1.36. The van der Waals surface area contributed by atoms with E-state index in [1.165, 1.54) is 17.0 Å². The van der Waals surface area contributed by atoms with Crippen LogP contribution in [0, 0.1) is 11.7 Å². The van der Waals surface area contributed by atoms with Crippen molar-refractivity contribution in [3.8, 4) is 5.75 Å². The molecule has 1 aromatic rings. The van der Waals surface area contributed by atoms with Crippen LogP contribution in [0.2, 0.25) is 0 Å². The van der Waals surface area contributed by atoms with Crippen molar-refractivity contribution in [3.63, 3.8) is 0 Å². The Morgan fingerprint density at radius 1 is 1.55 bits per heavy atom. The summed E-state index contributed by atoms with van der Waals surface area (Å²) < 4.78 is 18.7. The van der Waals surface area contributed by atoms with Crippen LogP contribution in [0.25, 0.3) is 0 Å². The number of hydrogen-bond donors (Lipinski definition) is 1. The number of carbonyl (C=O) groups is 1. The van der Waals surface area contributed by atoms with Gasteiger partial charge in [-0.15, -0.1) is 0 Å². The fourth-order valence-corrected chi connectivity index (χ4v) is 2.60. The minimum Gasteiger partial charge on any atom is -0.480 e. The van der Waals surface area contributed by atoms with Gasteiger partial charge in [-0.05, 0) is 37.0 Å².